The minimum atomic E-state index is 0.726. The lowest BCUT2D eigenvalue weighted by atomic mass is 10.1. The second-order valence-electron chi connectivity index (χ2n) is 4.02. The van der Waals surface area contributed by atoms with Gasteiger partial charge in [-0.25, -0.2) is 0 Å². The molecule has 0 saturated carbocycles. The van der Waals surface area contributed by atoms with Crippen LogP contribution in [-0.2, 0) is 6.54 Å². The van der Waals surface area contributed by atoms with Gasteiger partial charge in [0.1, 0.15) is 11.5 Å². The third kappa shape index (κ3) is 2.90. The number of nitrogens with one attached hydrogen (secondary N) is 1. The highest BCUT2D eigenvalue weighted by Crippen LogP contribution is 2.24. The summed E-state index contributed by atoms with van der Waals surface area (Å²) >= 11 is 0. The van der Waals surface area contributed by atoms with Crippen molar-refractivity contribution in [3.8, 4) is 17.0 Å². The minimum absolute atomic E-state index is 0.726. The number of nitrogens with zero attached hydrogens (tertiary/aromatic N) is 1. The number of rotatable bonds is 6. The van der Waals surface area contributed by atoms with Crippen LogP contribution < -0.4 is 10.1 Å². The van der Waals surface area contributed by atoms with Crippen LogP contribution in [-0.4, -0.2) is 18.6 Å². The fourth-order valence-electron chi connectivity index (χ4n) is 1.74. The summed E-state index contributed by atoms with van der Waals surface area (Å²) < 4.78 is 10.6. The molecule has 1 N–H and O–H groups in total. The van der Waals surface area contributed by atoms with Gasteiger partial charge in [0.25, 0.3) is 0 Å². The van der Waals surface area contributed by atoms with Gasteiger partial charge >= 0.3 is 0 Å². The maximum Gasteiger partial charge on any atom is 0.137 e. The zero-order valence-corrected chi connectivity index (χ0v) is 10.8. The number of pyridine rings is 1. The maximum atomic E-state index is 5.49. The fraction of sp³-hybridized carbons (Fsp3) is 0.357. The maximum absolute atomic E-state index is 5.49. The molecule has 0 fully saturated rings. The molecule has 0 amide bonds. The van der Waals surface area contributed by atoms with E-state index in [2.05, 4.69) is 17.2 Å². The minimum Gasteiger partial charge on any atom is -0.495 e. The molecule has 0 aliphatic heterocycles. The first kappa shape index (κ1) is 12.6. The first-order valence-electron chi connectivity index (χ1n) is 6.12. The topological polar surface area (TPSA) is 47.3 Å². The zero-order valence-electron chi connectivity index (χ0n) is 10.8. The van der Waals surface area contributed by atoms with Crippen LogP contribution in [0, 0.1) is 0 Å². The van der Waals surface area contributed by atoms with Crippen molar-refractivity contribution < 1.29 is 9.15 Å². The predicted octanol–water partition coefficient (Wildman–Crippen LogP) is 2.85. The Kier molecular flexibility index (Phi) is 4.36. The van der Waals surface area contributed by atoms with Crippen LogP contribution in [0.15, 0.2) is 35.1 Å². The summed E-state index contributed by atoms with van der Waals surface area (Å²) in [6, 6.07) is 5.78. The molecule has 96 valence electrons. The van der Waals surface area contributed by atoms with Crippen molar-refractivity contribution in [1.29, 1.82) is 0 Å². The highest BCUT2D eigenvalue weighted by Gasteiger charge is 2.09. The molecule has 2 heterocycles. The molecule has 2 aromatic heterocycles. The van der Waals surface area contributed by atoms with Crippen molar-refractivity contribution in [2.24, 2.45) is 0 Å². The fourth-order valence-corrected chi connectivity index (χ4v) is 1.74. The highest BCUT2D eigenvalue weighted by molar-refractivity contribution is 5.61. The van der Waals surface area contributed by atoms with E-state index in [0.29, 0.717) is 0 Å². The Morgan fingerprint density at radius 2 is 2.22 bits per heavy atom. The van der Waals surface area contributed by atoms with Crippen LogP contribution in [0.5, 0.6) is 5.75 Å². The molecule has 4 heteroatoms. The SMILES string of the molecule is CCCNCc1occc1-c1ccc(OC)cn1. The van der Waals surface area contributed by atoms with E-state index in [1.54, 1.807) is 19.6 Å². The number of aromatic nitrogens is 1. The second kappa shape index (κ2) is 6.21. The average molecular weight is 246 g/mol. The van der Waals surface area contributed by atoms with Crippen LogP contribution in [0.1, 0.15) is 19.1 Å². The molecule has 0 atom stereocenters. The number of hydrogen-bond acceptors (Lipinski definition) is 4. The lowest BCUT2D eigenvalue weighted by molar-refractivity contribution is 0.413. The van der Waals surface area contributed by atoms with E-state index in [1.807, 2.05) is 18.2 Å². The standard InChI is InChI=1S/C14H18N2O2/c1-3-7-15-10-14-12(6-8-18-14)13-5-4-11(17-2)9-16-13/h4-6,8-9,15H,3,7,10H2,1-2H3. The smallest absolute Gasteiger partial charge is 0.137 e. The van der Waals surface area contributed by atoms with Gasteiger partial charge in [0, 0.05) is 5.56 Å². The summed E-state index contributed by atoms with van der Waals surface area (Å²) in [7, 11) is 1.63. The van der Waals surface area contributed by atoms with Gasteiger partial charge in [-0.1, -0.05) is 6.92 Å². The Balaban J connectivity index is 2.14. The molecule has 0 unspecified atom stereocenters. The first-order valence-corrected chi connectivity index (χ1v) is 6.12. The van der Waals surface area contributed by atoms with Crippen molar-refractivity contribution in [3.63, 3.8) is 0 Å². The third-order valence-corrected chi connectivity index (χ3v) is 2.71. The Bertz CT molecular complexity index is 477. The molecule has 0 aliphatic rings. The Labute approximate surface area is 107 Å². The molecule has 0 bridgehead atoms. The molecule has 0 saturated heterocycles. The van der Waals surface area contributed by atoms with Crippen LogP contribution in [0.3, 0.4) is 0 Å². The monoisotopic (exact) mass is 246 g/mol. The quantitative estimate of drug-likeness (QED) is 0.796. The van der Waals surface area contributed by atoms with E-state index in [1.165, 1.54) is 0 Å². The highest BCUT2D eigenvalue weighted by atomic mass is 16.5. The number of furan rings is 1. The van der Waals surface area contributed by atoms with Gasteiger partial charge < -0.3 is 14.5 Å². The van der Waals surface area contributed by atoms with Crippen molar-refractivity contribution in [1.82, 2.24) is 10.3 Å². The average Bonchev–Trinajstić information content (AvgIpc) is 2.88. The summed E-state index contributed by atoms with van der Waals surface area (Å²) in [5, 5.41) is 3.32. The summed E-state index contributed by atoms with van der Waals surface area (Å²) in [6.45, 7) is 3.85. The van der Waals surface area contributed by atoms with E-state index in [4.69, 9.17) is 9.15 Å². The predicted molar refractivity (Wildman–Crippen MR) is 70.5 cm³/mol. The lowest BCUT2D eigenvalue weighted by Crippen LogP contribution is -2.13. The van der Waals surface area contributed by atoms with Gasteiger partial charge in [-0.3, -0.25) is 4.98 Å². The largest absolute Gasteiger partial charge is 0.495 e. The molecule has 0 aliphatic carbocycles. The molecule has 0 radical (unpaired) electrons. The van der Waals surface area contributed by atoms with Gasteiger partial charge in [0.15, 0.2) is 0 Å². The van der Waals surface area contributed by atoms with Gasteiger partial charge in [-0.05, 0) is 31.2 Å². The summed E-state index contributed by atoms with van der Waals surface area (Å²) in [4.78, 5) is 4.37. The molecular formula is C14H18N2O2. The Morgan fingerprint density at radius 3 is 2.89 bits per heavy atom. The van der Waals surface area contributed by atoms with Gasteiger partial charge in [0.2, 0.25) is 0 Å². The van der Waals surface area contributed by atoms with E-state index in [-0.39, 0.29) is 0 Å². The van der Waals surface area contributed by atoms with E-state index in [0.717, 1.165) is 42.3 Å². The zero-order chi connectivity index (χ0) is 12.8. The van der Waals surface area contributed by atoms with Crippen molar-refractivity contribution in [3.05, 3.63) is 36.4 Å². The van der Waals surface area contributed by atoms with Gasteiger partial charge in [-0.2, -0.15) is 0 Å². The Hall–Kier alpha value is -1.81. The van der Waals surface area contributed by atoms with E-state index < -0.39 is 0 Å². The number of hydrogen-bond donors (Lipinski definition) is 1. The van der Waals surface area contributed by atoms with Crippen molar-refractivity contribution in [2.45, 2.75) is 19.9 Å². The third-order valence-electron chi connectivity index (χ3n) is 2.71. The van der Waals surface area contributed by atoms with E-state index >= 15 is 0 Å². The second-order valence-corrected chi connectivity index (χ2v) is 4.02. The molecule has 18 heavy (non-hydrogen) atoms. The molecule has 0 aromatic carbocycles. The van der Waals surface area contributed by atoms with Crippen LogP contribution in [0.25, 0.3) is 11.3 Å². The summed E-state index contributed by atoms with van der Waals surface area (Å²) in [5.74, 6) is 1.68. The molecule has 2 aromatic rings. The molecule has 0 spiro atoms. The van der Waals surface area contributed by atoms with Crippen LogP contribution in [0.2, 0.25) is 0 Å². The van der Waals surface area contributed by atoms with Crippen LogP contribution >= 0.6 is 0 Å². The Morgan fingerprint density at radius 1 is 1.33 bits per heavy atom. The van der Waals surface area contributed by atoms with Gasteiger partial charge in [0.05, 0.1) is 31.8 Å². The van der Waals surface area contributed by atoms with E-state index in [9.17, 15) is 0 Å². The van der Waals surface area contributed by atoms with Gasteiger partial charge in [-0.15, -0.1) is 0 Å². The summed E-state index contributed by atoms with van der Waals surface area (Å²) in [6.07, 6.45) is 4.52. The van der Waals surface area contributed by atoms with Crippen molar-refractivity contribution in [2.75, 3.05) is 13.7 Å². The summed E-state index contributed by atoms with van der Waals surface area (Å²) in [5.41, 5.74) is 1.93. The normalized spacial score (nSPS) is 10.6. The molecular weight excluding hydrogens is 228 g/mol. The van der Waals surface area contributed by atoms with Crippen molar-refractivity contribution >= 4 is 0 Å². The van der Waals surface area contributed by atoms with Crippen LogP contribution in [0.4, 0.5) is 0 Å². The number of methoxy groups -OCH3 is 1. The molecule has 4 nitrogen and oxygen atoms in total. The molecule has 2 rings (SSSR count). The lowest BCUT2D eigenvalue weighted by Gasteiger charge is -2.04. The first-order chi connectivity index (χ1) is 8.85. The number of ether oxygens (including phenoxy) is 1.